The molecule has 0 aliphatic heterocycles. The summed E-state index contributed by atoms with van der Waals surface area (Å²) in [4.78, 5) is 0. The molecule has 0 heterocycles. The molecule has 0 radical (unpaired) electrons. The van der Waals surface area contributed by atoms with Crippen molar-refractivity contribution in [3.63, 3.8) is 0 Å². The van der Waals surface area contributed by atoms with Crippen LogP contribution in [0.2, 0.25) is 0 Å². The van der Waals surface area contributed by atoms with Gasteiger partial charge in [0.05, 0.1) is 10.1 Å². The number of hydrogen-bond donors (Lipinski definition) is 0. The third-order valence-electron chi connectivity index (χ3n) is 0. The first kappa shape index (κ1) is 23.2. The molecule has 0 spiro atoms. The summed E-state index contributed by atoms with van der Waals surface area (Å²) >= 11 is 0. The van der Waals surface area contributed by atoms with Crippen LogP contribution in [0, 0.1) is 0 Å². The average Bonchev–Trinajstić information content (AvgIpc) is 0.722. The molecule has 0 aliphatic rings. The van der Waals surface area contributed by atoms with Crippen molar-refractivity contribution in [2.24, 2.45) is 0 Å². The van der Waals surface area contributed by atoms with Crippen LogP contribution in [0.3, 0.4) is 0 Å². The fourth-order valence-corrected chi connectivity index (χ4v) is 0. The van der Waals surface area contributed by atoms with E-state index in [9.17, 15) is 0 Å². The second-order valence-electron chi connectivity index (χ2n) is 0.704. The topological polar surface area (TPSA) is 120 Å². The Kier molecular flexibility index (Phi) is 22.7. The summed E-state index contributed by atoms with van der Waals surface area (Å²) in [6.45, 7) is 0. The smallest absolute Gasteiger partial charge is 0.748 e. The van der Waals surface area contributed by atoms with Crippen LogP contribution in [0.5, 0.6) is 0 Å². The molecular formula is CH7NaO5S. The van der Waals surface area contributed by atoms with Crippen molar-refractivity contribution < 1.29 is 53.5 Å². The zero-order valence-electron chi connectivity index (χ0n) is 4.63. The Bertz CT molecular complexity index is 95.6. The van der Waals surface area contributed by atoms with Crippen LogP contribution in [-0.4, -0.2) is 30.2 Å². The molecule has 0 aliphatic carbocycles. The summed E-state index contributed by atoms with van der Waals surface area (Å²) in [5, 5.41) is 0. The normalized spacial score (nSPS) is 7.25. The molecule has 48 valence electrons. The minimum absolute atomic E-state index is 0. The first-order chi connectivity index (χ1) is 2.00. The molecule has 0 bridgehead atoms. The number of hydrogen-bond acceptors (Lipinski definition) is 3. The van der Waals surface area contributed by atoms with Crippen LogP contribution in [0.25, 0.3) is 0 Å². The Balaban J connectivity index is -0.0000000267. The van der Waals surface area contributed by atoms with E-state index in [4.69, 9.17) is 13.0 Å². The Labute approximate surface area is 69.7 Å². The van der Waals surface area contributed by atoms with Gasteiger partial charge in [0.2, 0.25) is 0 Å². The van der Waals surface area contributed by atoms with Gasteiger partial charge in [-0.15, -0.1) is 0 Å². The van der Waals surface area contributed by atoms with E-state index in [2.05, 4.69) is 0 Å². The van der Waals surface area contributed by atoms with Gasteiger partial charge in [0.1, 0.15) is 0 Å². The fourth-order valence-electron chi connectivity index (χ4n) is 0. The second kappa shape index (κ2) is 7.83. The monoisotopic (exact) mass is 154 g/mol. The Morgan fingerprint density at radius 2 is 1.25 bits per heavy atom. The Morgan fingerprint density at radius 1 is 1.25 bits per heavy atom. The molecule has 0 saturated heterocycles. The van der Waals surface area contributed by atoms with Crippen molar-refractivity contribution in [3.8, 4) is 0 Å². The van der Waals surface area contributed by atoms with Crippen molar-refractivity contribution in [1.29, 1.82) is 0 Å². The zero-order chi connectivity index (χ0) is 4.50. The van der Waals surface area contributed by atoms with Gasteiger partial charge in [-0.1, -0.05) is 0 Å². The van der Waals surface area contributed by atoms with Crippen molar-refractivity contribution in [2.75, 3.05) is 6.26 Å². The Morgan fingerprint density at radius 3 is 1.25 bits per heavy atom. The van der Waals surface area contributed by atoms with Gasteiger partial charge in [0, 0.05) is 6.26 Å². The van der Waals surface area contributed by atoms with Gasteiger partial charge in [-0.05, 0) is 0 Å². The van der Waals surface area contributed by atoms with Crippen LogP contribution in [0.1, 0.15) is 0 Å². The maximum atomic E-state index is 9.08. The van der Waals surface area contributed by atoms with Crippen molar-refractivity contribution in [1.82, 2.24) is 0 Å². The summed E-state index contributed by atoms with van der Waals surface area (Å²) in [6, 6.07) is 0. The van der Waals surface area contributed by atoms with E-state index in [0.29, 0.717) is 6.26 Å². The third kappa shape index (κ3) is 337. The molecule has 0 amide bonds. The molecule has 0 aromatic rings. The van der Waals surface area contributed by atoms with Crippen LogP contribution in [0.15, 0.2) is 0 Å². The molecular weight excluding hydrogens is 147 g/mol. The predicted molar refractivity (Wildman–Crippen MR) is 22.8 cm³/mol. The molecule has 0 atom stereocenters. The SMILES string of the molecule is CS(=O)(=O)[O-].O.O.[Na+]. The maximum Gasteiger partial charge on any atom is 1.00 e. The van der Waals surface area contributed by atoms with Crippen molar-refractivity contribution >= 4 is 10.1 Å². The average molecular weight is 154 g/mol. The first-order valence-electron chi connectivity index (χ1n) is 0.908. The van der Waals surface area contributed by atoms with E-state index >= 15 is 0 Å². The predicted octanol–water partition coefficient (Wildman–Crippen LogP) is -5.48. The van der Waals surface area contributed by atoms with Gasteiger partial charge in [0.25, 0.3) is 0 Å². The molecule has 0 aromatic carbocycles. The quantitative estimate of drug-likeness (QED) is 0.255. The van der Waals surface area contributed by atoms with Gasteiger partial charge >= 0.3 is 29.6 Å². The van der Waals surface area contributed by atoms with E-state index < -0.39 is 10.1 Å². The molecule has 0 rings (SSSR count). The summed E-state index contributed by atoms with van der Waals surface area (Å²) in [5.41, 5.74) is 0. The summed E-state index contributed by atoms with van der Waals surface area (Å²) < 4.78 is 27.2. The maximum absolute atomic E-state index is 9.08. The minimum atomic E-state index is -3.92. The summed E-state index contributed by atoms with van der Waals surface area (Å²) in [6.07, 6.45) is 0.604. The molecule has 8 heavy (non-hydrogen) atoms. The Hall–Kier alpha value is 0.830. The van der Waals surface area contributed by atoms with Gasteiger partial charge in [0.15, 0.2) is 0 Å². The third-order valence-corrected chi connectivity index (χ3v) is 0. The van der Waals surface area contributed by atoms with E-state index in [1.165, 1.54) is 0 Å². The van der Waals surface area contributed by atoms with Gasteiger partial charge in [-0.25, -0.2) is 8.42 Å². The molecule has 0 unspecified atom stereocenters. The summed E-state index contributed by atoms with van der Waals surface area (Å²) in [7, 11) is -3.92. The molecule has 4 N–H and O–H groups in total. The van der Waals surface area contributed by atoms with Crippen LogP contribution in [-0.2, 0) is 10.1 Å². The van der Waals surface area contributed by atoms with E-state index in [1.807, 2.05) is 0 Å². The standard InChI is InChI=1S/CH4O3S.Na.2H2O/c1-5(2,3)4;;;/h1H3,(H,2,3,4);;2*1H2/q;+1;;/p-1. The molecule has 0 fully saturated rings. The first-order valence-corrected chi connectivity index (χ1v) is 2.72. The van der Waals surface area contributed by atoms with E-state index in [-0.39, 0.29) is 40.5 Å². The van der Waals surface area contributed by atoms with E-state index in [0.717, 1.165) is 0 Å². The molecule has 0 saturated carbocycles. The fraction of sp³-hybridized carbons (Fsp3) is 1.00. The van der Waals surface area contributed by atoms with Gasteiger partial charge in [-0.2, -0.15) is 0 Å². The second-order valence-corrected chi connectivity index (χ2v) is 2.11. The van der Waals surface area contributed by atoms with Crippen molar-refractivity contribution in [3.05, 3.63) is 0 Å². The van der Waals surface area contributed by atoms with E-state index in [1.54, 1.807) is 0 Å². The van der Waals surface area contributed by atoms with Gasteiger partial charge in [-0.3, -0.25) is 0 Å². The zero-order valence-corrected chi connectivity index (χ0v) is 7.45. The van der Waals surface area contributed by atoms with Crippen LogP contribution >= 0.6 is 0 Å². The summed E-state index contributed by atoms with van der Waals surface area (Å²) in [5.74, 6) is 0. The van der Waals surface area contributed by atoms with Crippen LogP contribution in [0.4, 0.5) is 0 Å². The van der Waals surface area contributed by atoms with Gasteiger partial charge < -0.3 is 15.5 Å². The largest absolute Gasteiger partial charge is 1.00 e. The van der Waals surface area contributed by atoms with Crippen LogP contribution < -0.4 is 29.6 Å². The number of rotatable bonds is 0. The van der Waals surface area contributed by atoms with Crippen molar-refractivity contribution in [2.45, 2.75) is 0 Å². The minimum Gasteiger partial charge on any atom is -0.748 e. The molecule has 7 heteroatoms. The molecule has 5 nitrogen and oxygen atoms in total. The molecule has 0 aromatic heterocycles.